The van der Waals surface area contributed by atoms with Crippen molar-refractivity contribution in [3.05, 3.63) is 29.0 Å². The SMILES string of the molecule is CC(C)(C)C(NC(=O)Nc1cc(F)ccc1Cl)C(=O)O. The molecule has 0 heterocycles. The molecule has 20 heavy (non-hydrogen) atoms. The van der Waals surface area contributed by atoms with Crippen LogP contribution in [0.15, 0.2) is 18.2 Å². The Morgan fingerprint density at radius 1 is 1.35 bits per heavy atom. The highest BCUT2D eigenvalue weighted by Crippen LogP contribution is 2.23. The molecule has 1 aromatic carbocycles. The molecule has 0 fully saturated rings. The lowest BCUT2D eigenvalue weighted by molar-refractivity contribution is -0.141. The van der Waals surface area contributed by atoms with Gasteiger partial charge in [0, 0.05) is 0 Å². The minimum atomic E-state index is -1.15. The quantitative estimate of drug-likeness (QED) is 0.803. The summed E-state index contributed by atoms with van der Waals surface area (Å²) in [4.78, 5) is 22.9. The number of urea groups is 1. The Balaban J connectivity index is 2.81. The summed E-state index contributed by atoms with van der Waals surface area (Å²) in [6.45, 7) is 5.05. The van der Waals surface area contributed by atoms with Crippen molar-refractivity contribution in [2.45, 2.75) is 26.8 Å². The second-order valence-corrected chi connectivity index (χ2v) is 5.77. The first-order valence-electron chi connectivity index (χ1n) is 5.86. The molecule has 0 aromatic heterocycles. The van der Waals surface area contributed by atoms with E-state index < -0.39 is 29.3 Å². The smallest absolute Gasteiger partial charge is 0.326 e. The average molecular weight is 303 g/mol. The van der Waals surface area contributed by atoms with Gasteiger partial charge in [0.1, 0.15) is 11.9 Å². The molecule has 1 unspecified atom stereocenters. The van der Waals surface area contributed by atoms with Gasteiger partial charge in [0.05, 0.1) is 10.7 Å². The first kappa shape index (κ1) is 16.2. The summed E-state index contributed by atoms with van der Waals surface area (Å²) in [6.07, 6.45) is 0. The summed E-state index contributed by atoms with van der Waals surface area (Å²) in [5, 5.41) is 13.9. The zero-order valence-electron chi connectivity index (χ0n) is 11.3. The van der Waals surface area contributed by atoms with Gasteiger partial charge in [-0.2, -0.15) is 0 Å². The Morgan fingerprint density at radius 2 is 1.95 bits per heavy atom. The standard InChI is InChI=1S/C13H16ClFN2O3/c1-13(2,3)10(11(18)19)17-12(20)16-9-6-7(15)4-5-8(9)14/h4-6,10H,1-3H3,(H,18,19)(H2,16,17,20). The van der Waals surface area contributed by atoms with E-state index in [4.69, 9.17) is 16.7 Å². The van der Waals surface area contributed by atoms with Gasteiger partial charge in [-0.1, -0.05) is 32.4 Å². The molecular weight excluding hydrogens is 287 g/mol. The predicted molar refractivity (Wildman–Crippen MR) is 74.4 cm³/mol. The number of hydrogen-bond acceptors (Lipinski definition) is 2. The Hall–Kier alpha value is -1.82. The van der Waals surface area contributed by atoms with E-state index in [2.05, 4.69) is 10.6 Å². The van der Waals surface area contributed by atoms with Gasteiger partial charge in [-0.25, -0.2) is 14.0 Å². The monoisotopic (exact) mass is 302 g/mol. The number of carbonyl (C=O) groups is 2. The van der Waals surface area contributed by atoms with Crippen LogP contribution in [0.1, 0.15) is 20.8 Å². The largest absolute Gasteiger partial charge is 0.480 e. The van der Waals surface area contributed by atoms with Crippen LogP contribution in [0.2, 0.25) is 5.02 Å². The van der Waals surface area contributed by atoms with Crippen LogP contribution in [0.25, 0.3) is 0 Å². The maximum absolute atomic E-state index is 13.1. The van der Waals surface area contributed by atoms with Gasteiger partial charge in [0.25, 0.3) is 0 Å². The normalized spacial score (nSPS) is 12.7. The van der Waals surface area contributed by atoms with Gasteiger partial charge in [-0.15, -0.1) is 0 Å². The van der Waals surface area contributed by atoms with Crippen molar-refractivity contribution in [1.29, 1.82) is 0 Å². The van der Waals surface area contributed by atoms with E-state index in [-0.39, 0.29) is 10.7 Å². The molecule has 0 spiro atoms. The van der Waals surface area contributed by atoms with Crippen molar-refractivity contribution < 1.29 is 19.1 Å². The van der Waals surface area contributed by atoms with Gasteiger partial charge in [0.2, 0.25) is 0 Å². The van der Waals surface area contributed by atoms with Crippen LogP contribution in [0.5, 0.6) is 0 Å². The van der Waals surface area contributed by atoms with Crippen molar-refractivity contribution >= 4 is 29.3 Å². The maximum Gasteiger partial charge on any atom is 0.326 e. The molecule has 1 rings (SSSR count). The molecule has 0 saturated heterocycles. The number of hydrogen-bond donors (Lipinski definition) is 3. The van der Waals surface area contributed by atoms with Gasteiger partial charge in [-0.3, -0.25) is 0 Å². The van der Waals surface area contributed by atoms with E-state index in [1.807, 2.05) is 0 Å². The number of halogens is 2. The fraction of sp³-hybridized carbons (Fsp3) is 0.385. The zero-order chi connectivity index (χ0) is 15.5. The molecule has 3 N–H and O–H groups in total. The number of carboxylic acids is 1. The number of carbonyl (C=O) groups excluding carboxylic acids is 1. The molecule has 0 aliphatic rings. The number of rotatable bonds is 3. The van der Waals surface area contributed by atoms with Crippen LogP contribution >= 0.6 is 11.6 Å². The minimum Gasteiger partial charge on any atom is -0.480 e. The Morgan fingerprint density at radius 3 is 2.45 bits per heavy atom. The second-order valence-electron chi connectivity index (χ2n) is 5.36. The van der Waals surface area contributed by atoms with Crippen molar-refractivity contribution in [1.82, 2.24) is 5.32 Å². The molecule has 0 aliphatic heterocycles. The molecule has 1 atom stereocenters. The summed E-state index contributed by atoms with van der Waals surface area (Å²) in [5.41, 5.74) is -0.600. The van der Waals surface area contributed by atoms with Gasteiger partial charge in [-0.05, 0) is 23.6 Å². The molecule has 0 saturated carbocycles. The van der Waals surface area contributed by atoms with Crippen molar-refractivity contribution in [2.75, 3.05) is 5.32 Å². The first-order chi connectivity index (χ1) is 9.11. The first-order valence-corrected chi connectivity index (χ1v) is 6.24. The molecule has 0 aliphatic carbocycles. The lowest BCUT2D eigenvalue weighted by Gasteiger charge is -2.27. The van der Waals surface area contributed by atoms with E-state index in [0.717, 1.165) is 12.1 Å². The number of anilines is 1. The maximum atomic E-state index is 13.1. The molecule has 2 amide bonds. The number of benzene rings is 1. The highest BCUT2D eigenvalue weighted by Gasteiger charge is 2.32. The number of amides is 2. The highest BCUT2D eigenvalue weighted by atomic mass is 35.5. The summed E-state index contributed by atoms with van der Waals surface area (Å²) in [6, 6.07) is 1.65. The molecule has 0 radical (unpaired) electrons. The lowest BCUT2D eigenvalue weighted by Crippen LogP contribution is -2.50. The van der Waals surface area contributed by atoms with Crippen LogP contribution in [0, 0.1) is 11.2 Å². The van der Waals surface area contributed by atoms with Crippen LogP contribution in [-0.2, 0) is 4.79 Å². The van der Waals surface area contributed by atoms with E-state index in [9.17, 15) is 14.0 Å². The minimum absolute atomic E-state index is 0.0715. The number of carboxylic acid groups (broad SMARTS) is 1. The summed E-state index contributed by atoms with van der Waals surface area (Å²) < 4.78 is 13.1. The second kappa shape index (κ2) is 6.09. The topological polar surface area (TPSA) is 78.4 Å². The van der Waals surface area contributed by atoms with E-state index in [0.29, 0.717) is 0 Å². The fourth-order valence-corrected chi connectivity index (χ4v) is 1.70. The summed E-state index contributed by atoms with van der Waals surface area (Å²) in [5.74, 6) is -1.71. The predicted octanol–water partition coefficient (Wildman–Crippen LogP) is 3.10. The summed E-state index contributed by atoms with van der Waals surface area (Å²) in [7, 11) is 0. The average Bonchev–Trinajstić information content (AvgIpc) is 2.29. The third-order valence-electron chi connectivity index (χ3n) is 2.57. The Kier molecular flexibility index (Phi) is 4.94. The highest BCUT2D eigenvalue weighted by molar-refractivity contribution is 6.33. The van der Waals surface area contributed by atoms with Crippen LogP contribution < -0.4 is 10.6 Å². The Labute approximate surface area is 121 Å². The zero-order valence-corrected chi connectivity index (χ0v) is 12.1. The van der Waals surface area contributed by atoms with E-state index in [1.54, 1.807) is 20.8 Å². The number of aliphatic carboxylic acids is 1. The third kappa shape index (κ3) is 4.38. The van der Waals surface area contributed by atoms with Crippen LogP contribution in [-0.4, -0.2) is 23.1 Å². The Bertz CT molecular complexity index is 529. The number of nitrogens with one attached hydrogen (secondary N) is 2. The van der Waals surface area contributed by atoms with Gasteiger partial charge >= 0.3 is 12.0 Å². The lowest BCUT2D eigenvalue weighted by atomic mass is 9.87. The van der Waals surface area contributed by atoms with Gasteiger partial charge in [0.15, 0.2) is 0 Å². The molecule has 1 aromatic rings. The van der Waals surface area contributed by atoms with Crippen molar-refractivity contribution in [3.8, 4) is 0 Å². The molecule has 110 valence electrons. The molecular formula is C13H16ClFN2O3. The van der Waals surface area contributed by atoms with Crippen LogP contribution in [0.3, 0.4) is 0 Å². The third-order valence-corrected chi connectivity index (χ3v) is 2.89. The molecule has 0 bridgehead atoms. The summed E-state index contributed by atoms with van der Waals surface area (Å²) >= 11 is 5.80. The molecule has 7 heteroatoms. The molecule has 5 nitrogen and oxygen atoms in total. The van der Waals surface area contributed by atoms with Crippen LogP contribution in [0.4, 0.5) is 14.9 Å². The van der Waals surface area contributed by atoms with Gasteiger partial charge < -0.3 is 15.7 Å². The van der Waals surface area contributed by atoms with E-state index >= 15 is 0 Å². The fourth-order valence-electron chi connectivity index (χ4n) is 1.53. The van der Waals surface area contributed by atoms with Crippen molar-refractivity contribution in [3.63, 3.8) is 0 Å². The van der Waals surface area contributed by atoms with E-state index in [1.165, 1.54) is 6.07 Å². The van der Waals surface area contributed by atoms with Crippen molar-refractivity contribution in [2.24, 2.45) is 5.41 Å².